The van der Waals surface area contributed by atoms with Gasteiger partial charge < -0.3 is 4.74 Å². The normalized spacial score (nSPS) is 26.0. The van der Waals surface area contributed by atoms with E-state index in [0.29, 0.717) is 32.5 Å². The molecular weight excluding hydrogens is 440 g/mol. The second-order valence-electron chi connectivity index (χ2n) is 7.61. The monoisotopic (exact) mass is 464 g/mol. The first kappa shape index (κ1) is 21.2. The summed E-state index contributed by atoms with van der Waals surface area (Å²) in [6.07, 6.45) is 1.71. The summed E-state index contributed by atoms with van der Waals surface area (Å²) >= 11 is 0. The molecule has 1 atom stereocenters. The van der Waals surface area contributed by atoms with Crippen molar-refractivity contribution >= 4 is 29.9 Å². The molecule has 1 saturated carbocycles. The Morgan fingerprint density at radius 3 is 2.00 bits per heavy atom. The molecule has 0 spiro atoms. The van der Waals surface area contributed by atoms with Crippen LogP contribution in [0.3, 0.4) is 0 Å². The van der Waals surface area contributed by atoms with Crippen LogP contribution in [-0.4, -0.2) is 83.8 Å². The zero-order valence-corrected chi connectivity index (χ0v) is 18.3. The molecule has 12 heteroatoms. The molecule has 9 nitrogen and oxygen atoms in total. The molecule has 3 aliphatic rings. The number of sulfone groups is 1. The second-order valence-corrected chi connectivity index (χ2v) is 13.6. The average Bonchev–Trinajstić information content (AvgIpc) is 3.45. The van der Waals surface area contributed by atoms with Gasteiger partial charge in [-0.2, -0.15) is 8.61 Å². The van der Waals surface area contributed by atoms with Gasteiger partial charge in [0.25, 0.3) is 0 Å². The van der Waals surface area contributed by atoms with E-state index >= 15 is 0 Å². The minimum Gasteiger partial charge on any atom is -0.379 e. The lowest BCUT2D eigenvalue weighted by atomic mass is 10.2. The Kier molecular flexibility index (Phi) is 5.53. The van der Waals surface area contributed by atoms with E-state index in [9.17, 15) is 25.3 Å². The molecule has 0 bridgehead atoms. The van der Waals surface area contributed by atoms with Crippen molar-refractivity contribution in [2.75, 3.05) is 37.8 Å². The summed E-state index contributed by atoms with van der Waals surface area (Å²) in [6.45, 7) is 1.17. The molecule has 4 rings (SSSR count). The molecular formula is C17H24N2O7S3. The summed E-state index contributed by atoms with van der Waals surface area (Å²) in [5.41, 5.74) is 0. The smallest absolute Gasteiger partial charge is 0.243 e. The maximum Gasteiger partial charge on any atom is 0.243 e. The molecule has 0 N–H and O–H groups in total. The fourth-order valence-corrected chi connectivity index (χ4v) is 8.95. The highest BCUT2D eigenvalue weighted by Crippen LogP contribution is 2.37. The first-order chi connectivity index (χ1) is 13.6. The predicted molar refractivity (Wildman–Crippen MR) is 105 cm³/mol. The van der Waals surface area contributed by atoms with E-state index in [1.54, 1.807) is 0 Å². The Bertz CT molecular complexity index is 1070. The number of hydrogen-bond donors (Lipinski definition) is 0. The third-order valence-electron chi connectivity index (χ3n) is 5.48. The van der Waals surface area contributed by atoms with E-state index in [2.05, 4.69) is 0 Å². The van der Waals surface area contributed by atoms with E-state index in [0.717, 1.165) is 0 Å². The second kappa shape index (κ2) is 7.57. The van der Waals surface area contributed by atoms with Crippen molar-refractivity contribution in [3.05, 3.63) is 24.3 Å². The van der Waals surface area contributed by atoms with Gasteiger partial charge in [-0.15, -0.1) is 0 Å². The van der Waals surface area contributed by atoms with E-state index in [1.165, 1.54) is 32.9 Å². The number of morpholine rings is 1. The van der Waals surface area contributed by atoms with Gasteiger partial charge in [0.1, 0.15) is 0 Å². The van der Waals surface area contributed by atoms with Gasteiger partial charge in [0, 0.05) is 25.2 Å². The Labute approximate surface area is 171 Å². The van der Waals surface area contributed by atoms with Crippen LogP contribution < -0.4 is 0 Å². The lowest BCUT2D eigenvalue weighted by molar-refractivity contribution is 0.0730. The molecule has 0 radical (unpaired) electrons. The molecule has 2 heterocycles. The average molecular weight is 465 g/mol. The summed E-state index contributed by atoms with van der Waals surface area (Å²) in [5.74, 6) is -0.167. The van der Waals surface area contributed by atoms with Crippen LogP contribution >= 0.6 is 0 Å². The molecule has 1 unspecified atom stereocenters. The van der Waals surface area contributed by atoms with Crippen molar-refractivity contribution in [2.45, 2.75) is 41.1 Å². The molecule has 1 aliphatic carbocycles. The van der Waals surface area contributed by atoms with Crippen LogP contribution in [0.1, 0.15) is 19.3 Å². The maximum atomic E-state index is 13.2. The van der Waals surface area contributed by atoms with Crippen molar-refractivity contribution in [3.63, 3.8) is 0 Å². The SMILES string of the molecule is O=S1(=O)CCC(N(C2CC2)S(=O)(=O)c2ccc(S(=O)(=O)N3CCOCC3)cc2)C1. The van der Waals surface area contributed by atoms with E-state index < -0.39 is 35.9 Å². The molecule has 29 heavy (non-hydrogen) atoms. The highest BCUT2D eigenvalue weighted by molar-refractivity contribution is 7.92. The Balaban J connectivity index is 1.60. The van der Waals surface area contributed by atoms with Crippen molar-refractivity contribution in [1.82, 2.24) is 8.61 Å². The lowest BCUT2D eigenvalue weighted by Crippen LogP contribution is -2.42. The van der Waals surface area contributed by atoms with E-state index in [1.807, 2.05) is 0 Å². The fourth-order valence-electron chi connectivity index (χ4n) is 3.84. The minimum atomic E-state index is -3.92. The van der Waals surface area contributed by atoms with Gasteiger partial charge in [-0.05, 0) is 43.5 Å². The number of nitrogens with zero attached hydrogens (tertiary/aromatic N) is 2. The minimum absolute atomic E-state index is 0.00681. The Morgan fingerprint density at radius 2 is 1.48 bits per heavy atom. The van der Waals surface area contributed by atoms with Gasteiger partial charge in [0.05, 0.1) is 34.5 Å². The molecule has 3 fully saturated rings. The van der Waals surface area contributed by atoms with Gasteiger partial charge in [-0.25, -0.2) is 25.3 Å². The van der Waals surface area contributed by atoms with Crippen LogP contribution in [0, 0.1) is 0 Å². The summed E-state index contributed by atoms with van der Waals surface area (Å²) in [4.78, 5) is 0.00870. The fraction of sp³-hybridized carbons (Fsp3) is 0.647. The predicted octanol–water partition coefficient (Wildman–Crippen LogP) is 0.0477. The quantitative estimate of drug-likeness (QED) is 0.584. The Morgan fingerprint density at radius 1 is 0.897 bits per heavy atom. The molecule has 2 saturated heterocycles. The Hall–Kier alpha value is -1.05. The van der Waals surface area contributed by atoms with Crippen LogP contribution in [0.4, 0.5) is 0 Å². The summed E-state index contributed by atoms with van der Waals surface area (Å²) in [6, 6.07) is 4.44. The number of ether oxygens (including phenoxy) is 1. The van der Waals surface area contributed by atoms with Gasteiger partial charge in [-0.1, -0.05) is 0 Å². The molecule has 0 amide bonds. The largest absolute Gasteiger partial charge is 0.379 e. The van der Waals surface area contributed by atoms with E-state index in [-0.39, 0.29) is 40.4 Å². The van der Waals surface area contributed by atoms with Gasteiger partial charge in [0.15, 0.2) is 9.84 Å². The standard InChI is InChI=1S/C17H24N2O7S3/c20-27(21)12-7-15(13-27)19(14-1-2-14)29(24,25)17-5-3-16(4-6-17)28(22,23)18-8-10-26-11-9-18/h3-6,14-15H,1-2,7-13H2. The summed E-state index contributed by atoms with van der Waals surface area (Å²) < 4.78 is 83.5. The number of sulfonamides is 2. The van der Waals surface area contributed by atoms with Crippen LogP contribution in [0.25, 0.3) is 0 Å². The van der Waals surface area contributed by atoms with Gasteiger partial charge in [-0.3, -0.25) is 0 Å². The van der Waals surface area contributed by atoms with Crippen molar-refractivity contribution in [2.24, 2.45) is 0 Å². The third kappa shape index (κ3) is 4.23. The van der Waals surface area contributed by atoms with Crippen LogP contribution in [-0.2, 0) is 34.6 Å². The van der Waals surface area contributed by atoms with Crippen molar-refractivity contribution < 1.29 is 30.0 Å². The summed E-state index contributed by atoms with van der Waals surface area (Å²) in [5, 5.41) is 0. The highest BCUT2D eigenvalue weighted by atomic mass is 32.2. The molecule has 1 aromatic carbocycles. The van der Waals surface area contributed by atoms with Gasteiger partial charge >= 0.3 is 0 Å². The van der Waals surface area contributed by atoms with Crippen LogP contribution in [0.5, 0.6) is 0 Å². The number of hydrogen-bond acceptors (Lipinski definition) is 7. The van der Waals surface area contributed by atoms with Crippen molar-refractivity contribution in [3.8, 4) is 0 Å². The van der Waals surface area contributed by atoms with Crippen LogP contribution in [0.2, 0.25) is 0 Å². The molecule has 162 valence electrons. The number of benzene rings is 1. The third-order valence-corrected chi connectivity index (χ3v) is 11.2. The highest BCUT2D eigenvalue weighted by Gasteiger charge is 2.46. The zero-order valence-electron chi connectivity index (χ0n) is 15.8. The molecule has 0 aromatic heterocycles. The lowest BCUT2D eigenvalue weighted by Gasteiger charge is -2.28. The molecule has 1 aromatic rings. The number of rotatable bonds is 6. The molecule has 2 aliphatic heterocycles. The van der Waals surface area contributed by atoms with Gasteiger partial charge in [0.2, 0.25) is 20.0 Å². The first-order valence-corrected chi connectivity index (χ1v) is 14.2. The topological polar surface area (TPSA) is 118 Å². The first-order valence-electron chi connectivity index (χ1n) is 9.53. The van der Waals surface area contributed by atoms with E-state index in [4.69, 9.17) is 4.74 Å². The van der Waals surface area contributed by atoms with Crippen molar-refractivity contribution in [1.29, 1.82) is 0 Å². The maximum absolute atomic E-state index is 13.2. The summed E-state index contributed by atoms with van der Waals surface area (Å²) in [7, 11) is -10.9. The van der Waals surface area contributed by atoms with Crippen LogP contribution in [0.15, 0.2) is 34.1 Å². The zero-order chi connectivity index (χ0) is 20.9.